The average molecular weight is 268 g/mol. The third-order valence-corrected chi connectivity index (χ3v) is 2.73. The third kappa shape index (κ3) is 3.35. The standard InChI is InChI=1S/C15H16N4O/c1-20-13-8-6-11(7-9-13)14-5-3-2-4-12(14)10-18-19-15(16)17/h2-10H,1H3,(H4,16,17,19). The SMILES string of the molecule is COc1ccc(-c2ccccc2C=NN=C(N)N)cc1. The van der Waals surface area contributed by atoms with Gasteiger partial charge in [-0.15, -0.1) is 5.10 Å². The summed E-state index contributed by atoms with van der Waals surface area (Å²) in [5.74, 6) is 0.753. The van der Waals surface area contributed by atoms with Crippen LogP contribution in [-0.2, 0) is 0 Å². The number of nitrogens with zero attached hydrogens (tertiary/aromatic N) is 2. The van der Waals surface area contributed by atoms with Gasteiger partial charge in [0, 0.05) is 5.56 Å². The minimum atomic E-state index is -0.0665. The molecule has 2 aromatic rings. The quantitative estimate of drug-likeness (QED) is 0.505. The molecule has 0 fully saturated rings. The van der Waals surface area contributed by atoms with Crippen molar-refractivity contribution < 1.29 is 4.74 Å². The fraction of sp³-hybridized carbons (Fsp3) is 0.0667. The number of methoxy groups -OCH3 is 1. The Bertz CT molecular complexity index is 629. The van der Waals surface area contributed by atoms with Crippen LogP contribution in [-0.4, -0.2) is 19.3 Å². The van der Waals surface area contributed by atoms with Crippen LogP contribution in [0, 0.1) is 0 Å². The summed E-state index contributed by atoms with van der Waals surface area (Å²) in [6.45, 7) is 0. The highest BCUT2D eigenvalue weighted by atomic mass is 16.5. The predicted octanol–water partition coefficient (Wildman–Crippen LogP) is 1.97. The zero-order valence-corrected chi connectivity index (χ0v) is 11.2. The molecule has 0 saturated heterocycles. The van der Waals surface area contributed by atoms with Gasteiger partial charge in [-0.05, 0) is 23.3 Å². The van der Waals surface area contributed by atoms with E-state index in [1.807, 2.05) is 48.5 Å². The normalized spacial score (nSPS) is 10.4. The highest BCUT2D eigenvalue weighted by molar-refractivity contribution is 5.90. The lowest BCUT2D eigenvalue weighted by Crippen LogP contribution is -2.21. The maximum absolute atomic E-state index is 5.24. The molecular formula is C15H16N4O. The number of rotatable bonds is 4. The topological polar surface area (TPSA) is 86.0 Å². The lowest BCUT2D eigenvalue weighted by atomic mass is 10.0. The first-order valence-corrected chi connectivity index (χ1v) is 6.06. The Morgan fingerprint density at radius 1 is 1.05 bits per heavy atom. The van der Waals surface area contributed by atoms with Gasteiger partial charge in [-0.25, -0.2) is 0 Å². The Kier molecular flexibility index (Phi) is 4.34. The third-order valence-electron chi connectivity index (χ3n) is 2.73. The lowest BCUT2D eigenvalue weighted by molar-refractivity contribution is 0.415. The van der Waals surface area contributed by atoms with Crippen molar-refractivity contribution in [3.05, 3.63) is 54.1 Å². The molecule has 5 nitrogen and oxygen atoms in total. The van der Waals surface area contributed by atoms with Gasteiger partial charge in [0.25, 0.3) is 0 Å². The van der Waals surface area contributed by atoms with Crippen molar-refractivity contribution >= 4 is 12.2 Å². The summed E-state index contributed by atoms with van der Waals surface area (Å²) in [4.78, 5) is 0. The molecule has 20 heavy (non-hydrogen) atoms. The van der Waals surface area contributed by atoms with Gasteiger partial charge in [0.1, 0.15) is 5.75 Å². The van der Waals surface area contributed by atoms with Gasteiger partial charge in [0.2, 0.25) is 5.96 Å². The van der Waals surface area contributed by atoms with Crippen molar-refractivity contribution in [3.8, 4) is 16.9 Å². The molecule has 0 aromatic heterocycles. The van der Waals surface area contributed by atoms with Gasteiger partial charge in [-0.2, -0.15) is 5.10 Å². The highest BCUT2D eigenvalue weighted by Gasteiger charge is 2.02. The number of hydrogen-bond acceptors (Lipinski definition) is 3. The summed E-state index contributed by atoms with van der Waals surface area (Å²) in [7, 11) is 1.64. The molecule has 5 heteroatoms. The first-order valence-electron chi connectivity index (χ1n) is 6.06. The van der Waals surface area contributed by atoms with E-state index in [1.165, 1.54) is 0 Å². The molecule has 2 rings (SSSR count). The Balaban J connectivity index is 2.36. The van der Waals surface area contributed by atoms with Crippen LogP contribution in [0.5, 0.6) is 5.75 Å². The maximum Gasteiger partial charge on any atom is 0.211 e. The average Bonchev–Trinajstić information content (AvgIpc) is 2.47. The zero-order valence-electron chi connectivity index (χ0n) is 11.2. The first-order chi connectivity index (χ1) is 9.70. The number of hydrogen-bond donors (Lipinski definition) is 2. The molecule has 102 valence electrons. The van der Waals surface area contributed by atoms with Crippen LogP contribution >= 0.6 is 0 Å². The van der Waals surface area contributed by atoms with Crippen molar-refractivity contribution in [2.45, 2.75) is 0 Å². The summed E-state index contributed by atoms with van der Waals surface area (Å²) < 4.78 is 5.15. The molecule has 0 radical (unpaired) electrons. The van der Waals surface area contributed by atoms with Crippen LogP contribution in [0.15, 0.2) is 58.7 Å². The minimum absolute atomic E-state index is 0.0665. The number of nitrogens with two attached hydrogens (primary N) is 2. The second-order valence-electron chi connectivity index (χ2n) is 4.09. The number of guanidine groups is 1. The Morgan fingerprint density at radius 2 is 1.75 bits per heavy atom. The molecular weight excluding hydrogens is 252 g/mol. The Labute approximate surface area is 117 Å². The molecule has 0 atom stereocenters. The second-order valence-corrected chi connectivity index (χ2v) is 4.09. The van der Waals surface area contributed by atoms with E-state index in [1.54, 1.807) is 13.3 Å². The number of ether oxygens (including phenoxy) is 1. The predicted molar refractivity (Wildman–Crippen MR) is 81.8 cm³/mol. The summed E-state index contributed by atoms with van der Waals surface area (Å²) in [5, 5.41) is 7.45. The summed E-state index contributed by atoms with van der Waals surface area (Å²) in [6, 6.07) is 15.7. The molecule has 4 N–H and O–H groups in total. The van der Waals surface area contributed by atoms with Gasteiger partial charge < -0.3 is 16.2 Å². The fourth-order valence-corrected chi connectivity index (χ4v) is 1.80. The maximum atomic E-state index is 5.24. The van der Waals surface area contributed by atoms with E-state index in [4.69, 9.17) is 16.2 Å². The Morgan fingerprint density at radius 3 is 2.40 bits per heavy atom. The van der Waals surface area contributed by atoms with Gasteiger partial charge in [0.05, 0.1) is 13.3 Å². The van der Waals surface area contributed by atoms with E-state index in [0.717, 1.165) is 22.4 Å². The summed E-state index contributed by atoms with van der Waals surface area (Å²) in [6.07, 6.45) is 1.62. The molecule has 0 spiro atoms. The second kappa shape index (κ2) is 6.38. The van der Waals surface area contributed by atoms with Crippen LogP contribution in [0.1, 0.15) is 5.56 Å². The van der Waals surface area contributed by atoms with Crippen molar-refractivity contribution in [3.63, 3.8) is 0 Å². The Hall–Kier alpha value is -2.82. The fourth-order valence-electron chi connectivity index (χ4n) is 1.80. The van der Waals surface area contributed by atoms with Crippen LogP contribution in [0.2, 0.25) is 0 Å². The zero-order chi connectivity index (χ0) is 14.4. The molecule has 0 bridgehead atoms. The number of benzene rings is 2. The van der Waals surface area contributed by atoms with Crippen molar-refractivity contribution in [2.75, 3.05) is 7.11 Å². The van der Waals surface area contributed by atoms with Gasteiger partial charge in [-0.1, -0.05) is 36.4 Å². The van der Waals surface area contributed by atoms with Gasteiger partial charge in [0.15, 0.2) is 0 Å². The molecule has 0 heterocycles. The van der Waals surface area contributed by atoms with Crippen LogP contribution in [0.4, 0.5) is 0 Å². The smallest absolute Gasteiger partial charge is 0.211 e. The van der Waals surface area contributed by atoms with Crippen molar-refractivity contribution in [1.82, 2.24) is 0 Å². The minimum Gasteiger partial charge on any atom is -0.497 e. The van der Waals surface area contributed by atoms with E-state index >= 15 is 0 Å². The van der Waals surface area contributed by atoms with Crippen LogP contribution in [0.3, 0.4) is 0 Å². The summed E-state index contributed by atoms with van der Waals surface area (Å²) in [5.41, 5.74) is 13.5. The van der Waals surface area contributed by atoms with E-state index in [9.17, 15) is 0 Å². The van der Waals surface area contributed by atoms with E-state index < -0.39 is 0 Å². The van der Waals surface area contributed by atoms with Crippen LogP contribution in [0.25, 0.3) is 11.1 Å². The lowest BCUT2D eigenvalue weighted by Gasteiger charge is -2.06. The van der Waals surface area contributed by atoms with E-state index in [0.29, 0.717) is 0 Å². The first kappa shape index (κ1) is 13.6. The van der Waals surface area contributed by atoms with Gasteiger partial charge in [-0.3, -0.25) is 0 Å². The molecule has 0 aliphatic carbocycles. The highest BCUT2D eigenvalue weighted by Crippen LogP contribution is 2.24. The van der Waals surface area contributed by atoms with Crippen molar-refractivity contribution in [2.24, 2.45) is 21.7 Å². The van der Waals surface area contributed by atoms with E-state index in [-0.39, 0.29) is 5.96 Å². The molecule has 0 amide bonds. The molecule has 0 saturated carbocycles. The van der Waals surface area contributed by atoms with Crippen LogP contribution < -0.4 is 16.2 Å². The summed E-state index contributed by atoms with van der Waals surface area (Å²) >= 11 is 0. The largest absolute Gasteiger partial charge is 0.497 e. The molecule has 0 aliphatic rings. The molecule has 0 unspecified atom stereocenters. The van der Waals surface area contributed by atoms with Gasteiger partial charge >= 0.3 is 0 Å². The molecule has 2 aromatic carbocycles. The van der Waals surface area contributed by atoms with E-state index in [2.05, 4.69) is 10.2 Å². The monoisotopic (exact) mass is 268 g/mol. The van der Waals surface area contributed by atoms with Crippen molar-refractivity contribution in [1.29, 1.82) is 0 Å². The molecule has 0 aliphatic heterocycles.